The molecule has 2 rings (SSSR count). The maximum atomic E-state index is 10.5. The number of rotatable bonds is 1. The lowest BCUT2D eigenvalue weighted by Crippen LogP contribution is -2.54. The molecule has 3 heteroatoms. The molecule has 1 aliphatic heterocycles. The minimum atomic E-state index is -1.19. The van der Waals surface area contributed by atoms with Crippen molar-refractivity contribution in [3.63, 3.8) is 0 Å². The molecule has 2 atom stereocenters. The van der Waals surface area contributed by atoms with E-state index in [4.69, 9.17) is 4.74 Å². The van der Waals surface area contributed by atoms with Crippen LogP contribution in [-0.4, -0.2) is 24.3 Å². The molecule has 0 radical (unpaired) electrons. The molecule has 1 aromatic carbocycles. The molecule has 0 spiro atoms. The fourth-order valence-electron chi connectivity index (χ4n) is 2.03. The van der Waals surface area contributed by atoms with E-state index < -0.39 is 5.79 Å². The number of aliphatic hydroxyl groups is 1. The molecule has 1 aromatic rings. The van der Waals surface area contributed by atoms with Crippen LogP contribution in [0.2, 0.25) is 0 Å². The fourth-order valence-corrected chi connectivity index (χ4v) is 2.03. The maximum Gasteiger partial charge on any atom is 0.208 e. The Kier molecular flexibility index (Phi) is 2.78. The molecule has 2 N–H and O–H groups in total. The van der Waals surface area contributed by atoms with E-state index in [0.717, 1.165) is 17.7 Å². The first-order valence-electron chi connectivity index (χ1n) is 5.30. The summed E-state index contributed by atoms with van der Waals surface area (Å²) < 4.78 is 5.54. The second-order valence-electron chi connectivity index (χ2n) is 4.04. The Bertz CT molecular complexity index is 353. The number of morpholine rings is 1. The zero-order valence-electron chi connectivity index (χ0n) is 9.16. The second kappa shape index (κ2) is 3.93. The first-order chi connectivity index (χ1) is 7.14. The van der Waals surface area contributed by atoms with E-state index in [2.05, 4.69) is 5.32 Å². The number of hydrogen-bond acceptors (Lipinski definition) is 3. The summed E-state index contributed by atoms with van der Waals surface area (Å²) in [4.78, 5) is 0. The molecule has 1 aliphatic rings. The third-order valence-corrected chi connectivity index (χ3v) is 2.99. The summed E-state index contributed by atoms with van der Waals surface area (Å²) in [5.74, 6) is -1.19. The highest BCUT2D eigenvalue weighted by atomic mass is 16.6. The van der Waals surface area contributed by atoms with Gasteiger partial charge in [-0.3, -0.25) is 0 Å². The van der Waals surface area contributed by atoms with Crippen molar-refractivity contribution in [2.75, 3.05) is 13.2 Å². The number of hydrogen-bond donors (Lipinski definition) is 2. The largest absolute Gasteiger partial charge is 0.361 e. The molecule has 15 heavy (non-hydrogen) atoms. The van der Waals surface area contributed by atoms with E-state index in [0.29, 0.717) is 6.61 Å². The van der Waals surface area contributed by atoms with Gasteiger partial charge in [-0.05, 0) is 19.4 Å². The molecule has 0 aliphatic carbocycles. The summed E-state index contributed by atoms with van der Waals surface area (Å²) in [6, 6.07) is 7.69. The molecule has 0 saturated carbocycles. The van der Waals surface area contributed by atoms with Crippen LogP contribution in [-0.2, 0) is 10.5 Å². The van der Waals surface area contributed by atoms with Crippen molar-refractivity contribution < 1.29 is 9.84 Å². The first-order valence-corrected chi connectivity index (χ1v) is 5.30. The van der Waals surface area contributed by atoms with Crippen molar-refractivity contribution in [1.82, 2.24) is 5.32 Å². The third kappa shape index (κ3) is 1.78. The van der Waals surface area contributed by atoms with E-state index in [-0.39, 0.29) is 6.04 Å². The quantitative estimate of drug-likeness (QED) is 0.726. The lowest BCUT2D eigenvalue weighted by Gasteiger charge is -2.39. The van der Waals surface area contributed by atoms with Crippen molar-refractivity contribution in [2.45, 2.75) is 25.7 Å². The highest BCUT2D eigenvalue weighted by Crippen LogP contribution is 2.30. The van der Waals surface area contributed by atoms with Crippen LogP contribution in [0.25, 0.3) is 0 Å². The van der Waals surface area contributed by atoms with Crippen molar-refractivity contribution in [3.8, 4) is 0 Å². The summed E-state index contributed by atoms with van der Waals surface area (Å²) in [6.07, 6.45) is 0. The smallest absolute Gasteiger partial charge is 0.208 e. The van der Waals surface area contributed by atoms with Crippen molar-refractivity contribution >= 4 is 0 Å². The predicted molar refractivity (Wildman–Crippen MR) is 58.5 cm³/mol. The molecular weight excluding hydrogens is 190 g/mol. The molecule has 3 nitrogen and oxygen atoms in total. The normalized spacial score (nSPS) is 31.5. The first kappa shape index (κ1) is 10.6. The SMILES string of the molecule is Cc1ccccc1C1(O)OCCNC1C. The predicted octanol–water partition coefficient (Wildman–Crippen LogP) is 1.15. The molecule has 0 amide bonds. The van der Waals surface area contributed by atoms with Crippen molar-refractivity contribution in [3.05, 3.63) is 35.4 Å². The third-order valence-electron chi connectivity index (χ3n) is 2.99. The van der Waals surface area contributed by atoms with E-state index in [1.54, 1.807) is 0 Å². The van der Waals surface area contributed by atoms with Gasteiger partial charge in [-0.15, -0.1) is 0 Å². The van der Waals surface area contributed by atoms with Crippen molar-refractivity contribution in [1.29, 1.82) is 0 Å². The van der Waals surface area contributed by atoms with E-state index in [1.807, 2.05) is 38.1 Å². The van der Waals surface area contributed by atoms with Gasteiger partial charge in [0.25, 0.3) is 0 Å². The van der Waals surface area contributed by atoms with Crippen LogP contribution in [0, 0.1) is 6.92 Å². The van der Waals surface area contributed by atoms with Gasteiger partial charge in [0.1, 0.15) is 0 Å². The van der Waals surface area contributed by atoms with Gasteiger partial charge >= 0.3 is 0 Å². The van der Waals surface area contributed by atoms with E-state index in [1.165, 1.54) is 0 Å². The zero-order chi connectivity index (χ0) is 10.9. The van der Waals surface area contributed by atoms with Gasteiger partial charge in [0.2, 0.25) is 5.79 Å². The van der Waals surface area contributed by atoms with E-state index >= 15 is 0 Å². The zero-order valence-corrected chi connectivity index (χ0v) is 9.16. The Morgan fingerprint density at radius 1 is 1.47 bits per heavy atom. The summed E-state index contributed by atoms with van der Waals surface area (Å²) >= 11 is 0. The summed E-state index contributed by atoms with van der Waals surface area (Å²) in [5, 5.41) is 13.7. The summed E-state index contributed by atoms with van der Waals surface area (Å²) in [5.41, 5.74) is 1.90. The summed E-state index contributed by atoms with van der Waals surface area (Å²) in [6.45, 7) is 5.24. The molecule has 0 bridgehead atoms. The monoisotopic (exact) mass is 207 g/mol. The average molecular weight is 207 g/mol. The Balaban J connectivity index is 2.39. The maximum absolute atomic E-state index is 10.5. The minimum Gasteiger partial charge on any atom is -0.361 e. The minimum absolute atomic E-state index is 0.0904. The highest BCUT2D eigenvalue weighted by Gasteiger charge is 2.40. The molecule has 1 heterocycles. The average Bonchev–Trinajstić information content (AvgIpc) is 2.23. The fraction of sp³-hybridized carbons (Fsp3) is 0.500. The van der Waals surface area contributed by atoms with Gasteiger partial charge in [-0.25, -0.2) is 0 Å². The Morgan fingerprint density at radius 2 is 2.20 bits per heavy atom. The number of nitrogens with one attached hydrogen (secondary N) is 1. The Morgan fingerprint density at radius 3 is 2.87 bits per heavy atom. The number of aryl methyl sites for hydroxylation is 1. The molecule has 82 valence electrons. The van der Waals surface area contributed by atoms with Crippen LogP contribution in [0.1, 0.15) is 18.1 Å². The van der Waals surface area contributed by atoms with Gasteiger partial charge in [0.15, 0.2) is 0 Å². The lowest BCUT2D eigenvalue weighted by atomic mass is 9.94. The van der Waals surface area contributed by atoms with Gasteiger partial charge in [0.05, 0.1) is 12.6 Å². The van der Waals surface area contributed by atoms with Gasteiger partial charge in [0, 0.05) is 12.1 Å². The van der Waals surface area contributed by atoms with Crippen LogP contribution >= 0.6 is 0 Å². The van der Waals surface area contributed by atoms with Gasteiger partial charge in [-0.1, -0.05) is 24.3 Å². The van der Waals surface area contributed by atoms with Crippen molar-refractivity contribution in [2.24, 2.45) is 0 Å². The van der Waals surface area contributed by atoms with Gasteiger partial charge < -0.3 is 15.2 Å². The number of benzene rings is 1. The van der Waals surface area contributed by atoms with Gasteiger partial charge in [-0.2, -0.15) is 0 Å². The standard InChI is InChI=1S/C12H17NO2/c1-9-5-3-4-6-11(9)12(14)10(2)13-7-8-15-12/h3-6,10,13-14H,7-8H2,1-2H3. The molecule has 1 saturated heterocycles. The Hall–Kier alpha value is -0.900. The highest BCUT2D eigenvalue weighted by molar-refractivity contribution is 5.31. The topological polar surface area (TPSA) is 41.5 Å². The van der Waals surface area contributed by atoms with Crippen LogP contribution < -0.4 is 5.32 Å². The van der Waals surface area contributed by atoms with Crippen LogP contribution in [0.15, 0.2) is 24.3 Å². The van der Waals surface area contributed by atoms with Crippen LogP contribution in [0.3, 0.4) is 0 Å². The molecule has 0 aromatic heterocycles. The lowest BCUT2D eigenvalue weighted by molar-refractivity contribution is -0.245. The molecule has 1 fully saturated rings. The second-order valence-corrected chi connectivity index (χ2v) is 4.04. The number of ether oxygens (including phenoxy) is 1. The van der Waals surface area contributed by atoms with Crippen LogP contribution in [0.5, 0.6) is 0 Å². The Labute approximate surface area is 90.1 Å². The molecule has 2 unspecified atom stereocenters. The van der Waals surface area contributed by atoms with Crippen LogP contribution in [0.4, 0.5) is 0 Å². The molecular formula is C12H17NO2. The van der Waals surface area contributed by atoms with E-state index in [9.17, 15) is 5.11 Å². The summed E-state index contributed by atoms with van der Waals surface area (Å²) in [7, 11) is 0.